The second-order valence-corrected chi connectivity index (χ2v) is 7.97. The third-order valence-electron chi connectivity index (χ3n) is 3.33. The van der Waals surface area contributed by atoms with E-state index in [1.807, 2.05) is 32.9 Å². The molecule has 0 saturated carbocycles. The molecule has 0 N–H and O–H groups in total. The number of benzene rings is 1. The zero-order chi connectivity index (χ0) is 13.4. The summed E-state index contributed by atoms with van der Waals surface area (Å²) in [7, 11) is -3.28. The molecule has 1 heterocycles. The SMILES string of the molecule is CC(C)(C)c1ccccc1S(=O)(=O)C1CCOC1. The highest BCUT2D eigenvalue weighted by Gasteiger charge is 2.34. The van der Waals surface area contributed by atoms with Gasteiger partial charge in [-0.1, -0.05) is 39.0 Å². The van der Waals surface area contributed by atoms with E-state index in [1.165, 1.54) is 0 Å². The Labute approximate surface area is 109 Å². The largest absolute Gasteiger partial charge is 0.380 e. The quantitative estimate of drug-likeness (QED) is 0.828. The van der Waals surface area contributed by atoms with Gasteiger partial charge in [0, 0.05) is 6.61 Å². The minimum absolute atomic E-state index is 0.177. The minimum atomic E-state index is -3.28. The summed E-state index contributed by atoms with van der Waals surface area (Å²) in [5.41, 5.74) is 0.709. The topological polar surface area (TPSA) is 43.4 Å². The van der Waals surface area contributed by atoms with Gasteiger partial charge in [-0.25, -0.2) is 8.42 Å². The Balaban J connectivity index is 2.51. The molecule has 1 saturated heterocycles. The van der Waals surface area contributed by atoms with E-state index < -0.39 is 9.84 Å². The predicted molar refractivity (Wildman–Crippen MR) is 71.6 cm³/mol. The van der Waals surface area contributed by atoms with E-state index in [1.54, 1.807) is 12.1 Å². The lowest BCUT2D eigenvalue weighted by Gasteiger charge is -2.23. The van der Waals surface area contributed by atoms with Crippen LogP contribution in [0, 0.1) is 0 Å². The van der Waals surface area contributed by atoms with Crippen LogP contribution in [0.15, 0.2) is 29.2 Å². The highest BCUT2D eigenvalue weighted by atomic mass is 32.2. The smallest absolute Gasteiger partial charge is 0.183 e. The van der Waals surface area contributed by atoms with E-state index >= 15 is 0 Å². The molecule has 0 amide bonds. The molecule has 0 bridgehead atoms. The van der Waals surface area contributed by atoms with Crippen molar-refractivity contribution in [2.45, 2.75) is 42.8 Å². The summed E-state index contributed by atoms with van der Waals surface area (Å²) in [4.78, 5) is 0.466. The second-order valence-electron chi connectivity index (χ2n) is 5.78. The van der Waals surface area contributed by atoms with E-state index in [0.29, 0.717) is 24.5 Å². The normalized spacial score (nSPS) is 21.2. The third kappa shape index (κ3) is 2.45. The van der Waals surface area contributed by atoms with Crippen LogP contribution >= 0.6 is 0 Å². The Kier molecular flexibility index (Phi) is 3.52. The van der Waals surface area contributed by atoms with Crippen LogP contribution in [0.5, 0.6) is 0 Å². The van der Waals surface area contributed by atoms with Crippen LogP contribution in [0.3, 0.4) is 0 Å². The highest BCUT2D eigenvalue weighted by Crippen LogP contribution is 2.32. The third-order valence-corrected chi connectivity index (χ3v) is 5.55. The van der Waals surface area contributed by atoms with Crippen molar-refractivity contribution in [3.05, 3.63) is 29.8 Å². The fraction of sp³-hybridized carbons (Fsp3) is 0.571. The molecule has 18 heavy (non-hydrogen) atoms. The molecule has 0 radical (unpaired) electrons. The van der Waals surface area contributed by atoms with Crippen LogP contribution in [0.4, 0.5) is 0 Å². The summed E-state index contributed by atoms with van der Waals surface area (Å²) < 4.78 is 30.5. The van der Waals surface area contributed by atoms with Gasteiger partial charge in [-0.15, -0.1) is 0 Å². The van der Waals surface area contributed by atoms with Gasteiger partial charge in [0.15, 0.2) is 9.84 Å². The van der Waals surface area contributed by atoms with Gasteiger partial charge in [-0.3, -0.25) is 0 Å². The average Bonchev–Trinajstić information content (AvgIpc) is 2.82. The zero-order valence-electron chi connectivity index (χ0n) is 11.1. The summed E-state index contributed by atoms with van der Waals surface area (Å²) in [6, 6.07) is 7.31. The lowest BCUT2D eigenvalue weighted by atomic mass is 9.87. The molecular weight excluding hydrogens is 248 g/mol. The summed E-state index contributed by atoms with van der Waals surface area (Å²) in [5.74, 6) is 0. The molecule has 3 nitrogen and oxygen atoms in total. The predicted octanol–water partition coefficient (Wildman–Crippen LogP) is 2.55. The molecule has 1 aromatic carbocycles. The second kappa shape index (κ2) is 4.67. The maximum absolute atomic E-state index is 12.6. The Hall–Kier alpha value is -0.870. The van der Waals surface area contributed by atoms with Gasteiger partial charge in [-0.05, 0) is 23.5 Å². The van der Waals surface area contributed by atoms with Gasteiger partial charge in [0.25, 0.3) is 0 Å². The van der Waals surface area contributed by atoms with E-state index in [-0.39, 0.29) is 10.7 Å². The molecule has 0 spiro atoms. The molecule has 1 aliphatic rings. The lowest BCUT2D eigenvalue weighted by Crippen LogP contribution is -2.25. The molecule has 1 fully saturated rings. The first-order chi connectivity index (χ1) is 8.33. The van der Waals surface area contributed by atoms with Crippen molar-refractivity contribution >= 4 is 9.84 Å². The van der Waals surface area contributed by atoms with Crippen molar-refractivity contribution in [3.8, 4) is 0 Å². The fourth-order valence-corrected chi connectivity index (χ4v) is 4.26. The van der Waals surface area contributed by atoms with Crippen LogP contribution < -0.4 is 0 Å². The summed E-state index contributed by atoms with van der Waals surface area (Å²) in [6.45, 7) is 6.97. The molecule has 0 aliphatic carbocycles. The standard InChI is InChI=1S/C14H20O3S/c1-14(2,3)12-6-4-5-7-13(12)18(15,16)11-8-9-17-10-11/h4-7,11H,8-10H2,1-3H3. The van der Waals surface area contributed by atoms with Gasteiger partial charge in [0.2, 0.25) is 0 Å². The number of hydrogen-bond donors (Lipinski definition) is 0. The monoisotopic (exact) mass is 268 g/mol. The molecule has 4 heteroatoms. The van der Waals surface area contributed by atoms with Gasteiger partial charge in [-0.2, -0.15) is 0 Å². The van der Waals surface area contributed by atoms with Crippen LogP contribution in [0.1, 0.15) is 32.8 Å². The van der Waals surface area contributed by atoms with Crippen molar-refractivity contribution in [2.24, 2.45) is 0 Å². The molecule has 2 rings (SSSR count). The van der Waals surface area contributed by atoms with Crippen LogP contribution in [-0.2, 0) is 20.0 Å². The number of ether oxygens (including phenoxy) is 1. The van der Waals surface area contributed by atoms with Crippen LogP contribution in [-0.4, -0.2) is 26.9 Å². The maximum Gasteiger partial charge on any atom is 0.183 e. The highest BCUT2D eigenvalue weighted by molar-refractivity contribution is 7.92. The van der Waals surface area contributed by atoms with Crippen molar-refractivity contribution in [2.75, 3.05) is 13.2 Å². The first kappa shape index (κ1) is 13.6. The fourth-order valence-electron chi connectivity index (χ4n) is 2.27. The van der Waals surface area contributed by atoms with Gasteiger partial charge in [0.05, 0.1) is 16.8 Å². The van der Waals surface area contributed by atoms with Crippen LogP contribution in [0.25, 0.3) is 0 Å². The van der Waals surface area contributed by atoms with Crippen molar-refractivity contribution in [3.63, 3.8) is 0 Å². The molecule has 1 atom stereocenters. The Morgan fingerprint density at radius 1 is 1.22 bits per heavy atom. The summed E-state index contributed by atoms with van der Waals surface area (Å²) in [5, 5.41) is -0.388. The number of hydrogen-bond acceptors (Lipinski definition) is 3. The zero-order valence-corrected chi connectivity index (χ0v) is 12.0. The van der Waals surface area contributed by atoms with Crippen molar-refractivity contribution in [1.82, 2.24) is 0 Å². The maximum atomic E-state index is 12.6. The molecule has 1 aromatic rings. The van der Waals surface area contributed by atoms with Crippen LogP contribution in [0.2, 0.25) is 0 Å². The lowest BCUT2D eigenvalue weighted by molar-refractivity contribution is 0.198. The molecule has 100 valence electrons. The minimum Gasteiger partial charge on any atom is -0.380 e. The Morgan fingerprint density at radius 2 is 1.89 bits per heavy atom. The summed E-state index contributed by atoms with van der Waals surface area (Å²) in [6.07, 6.45) is 0.598. The summed E-state index contributed by atoms with van der Waals surface area (Å²) >= 11 is 0. The van der Waals surface area contributed by atoms with E-state index in [4.69, 9.17) is 4.74 Å². The van der Waals surface area contributed by atoms with Gasteiger partial charge < -0.3 is 4.74 Å². The van der Waals surface area contributed by atoms with E-state index in [2.05, 4.69) is 0 Å². The van der Waals surface area contributed by atoms with Gasteiger partial charge in [0.1, 0.15) is 0 Å². The van der Waals surface area contributed by atoms with Crippen molar-refractivity contribution in [1.29, 1.82) is 0 Å². The number of sulfone groups is 1. The van der Waals surface area contributed by atoms with E-state index in [9.17, 15) is 8.42 Å². The van der Waals surface area contributed by atoms with E-state index in [0.717, 1.165) is 5.56 Å². The first-order valence-electron chi connectivity index (χ1n) is 6.24. The number of rotatable bonds is 2. The Morgan fingerprint density at radius 3 is 2.44 bits per heavy atom. The first-order valence-corrected chi connectivity index (χ1v) is 7.79. The average molecular weight is 268 g/mol. The molecule has 1 unspecified atom stereocenters. The molecular formula is C14H20O3S. The van der Waals surface area contributed by atoms with Crippen molar-refractivity contribution < 1.29 is 13.2 Å². The molecule has 1 aliphatic heterocycles. The van der Waals surface area contributed by atoms with Gasteiger partial charge >= 0.3 is 0 Å². The molecule has 0 aromatic heterocycles. The Bertz CT molecular complexity index is 520.